The van der Waals surface area contributed by atoms with E-state index in [9.17, 15) is 9.59 Å². The van der Waals surface area contributed by atoms with Crippen molar-refractivity contribution in [3.8, 4) is 0 Å². The van der Waals surface area contributed by atoms with E-state index < -0.39 is 12.0 Å². The lowest BCUT2D eigenvalue weighted by molar-refractivity contribution is -0.142. The van der Waals surface area contributed by atoms with Crippen LogP contribution >= 0.6 is 0 Å². The first-order valence-electron chi connectivity index (χ1n) is 3.32. The highest BCUT2D eigenvalue weighted by Gasteiger charge is 2.25. The van der Waals surface area contributed by atoms with Gasteiger partial charge in [-0.2, -0.15) is 0 Å². The number of carboxylic acids is 1. The Hall–Kier alpha value is -1.32. The first-order chi connectivity index (χ1) is 5.11. The van der Waals surface area contributed by atoms with Gasteiger partial charge in [0.15, 0.2) is 0 Å². The van der Waals surface area contributed by atoms with Crippen molar-refractivity contribution in [1.82, 2.24) is 5.32 Å². The topological polar surface area (TPSA) is 66.4 Å². The van der Waals surface area contributed by atoms with Crippen LogP contribution in [-0.2, 0) is 9.59 Å². The van der Waals surface area contributed by atoms with Gasteiger partial charge in [0.05, 0.1) is 0 Å². The molecule has 0 aliphatic carbocycles. The summed E-state index contributed by atoms with van der Waals surface area (Å²) in [5.41, 5.74) is 0.461. The van der Waals surface area contributed by atoms with Gasteiger partial charge in [-0.25, -0.2) is 4.79 Å². The summed E-state index contributed by atoms with van der Waals surface area (Å²) in [6, 6.07) is -0.729. The van der Waals surface area contributed by atoms with Gasteiger partial charge in [0.1, 0.15) is 6.04 Å². The number of hydrogen-bond acceptors (Lipinski definition) is 2. The maximum absolute atomic E-state index is 10.8. The van der Waals surface area contributed by atoms with E-state index in [1.807, 2.05) is 0 Å². The second kappa shape index (κ2) is 2.74. The Bertz CT molecular complexity index is 222. The van der Waals surface area contributed by atoms with Crippen LogP contribution in [0, 0.1) is 0 Å². The summed E-state index contributed by atoms with van der Waals surface area (Å²) in [5.74, 6) is -1.32. The SMILES string of the molecule is C=C1CC[C@@H](C(=O)O)NC1=O. The van der Waals surface area contributed by atoms with Crippen LogP contribution < -0.4 is 5.32 Å². The zero-order valence-corrected chi connectivity index (χ0v) is 5.96. The molecule has 0 saturated carbocycles. The van der Waals surface area contributed by atoms with Crippen LogP contribution in [0.15, 0.2) is 12.2 Å². The first-order valence-corrected chi connectivity index (χ1v) is 3.32. The Balaban J connectivity index is 2.60. The normalized spacial score (nSPS) is 24.5. The van der Waals surface area contributed by atoms with Crippen LogP contribution in [0.1, 0.15) is 12.8 Å². The molecule has 1 aliphatic rings. The number of hydrogen-bond donors (Lipinski definition) is 2. The van der Waals surface area contributed by atoms with E-state index in [0.717, 1.165) is 0 Å². The van der Waals surface area contributed by atoms with Gasteiger partial charge in [0.2, 0.25) is 5.91 Å². The van der Waals surface area contributed by atoms with Crippen molar-refractivity contribution in [2.75, 3.05) is 0 Å². The highest BCUT2D eigenvalue weighted by molar-refractivity contribution is 5.96. The Morgan fingerprint density at radius 1 is 1.73 bits per heavy atom. The summed E-state index contributed by atoms with van der Waals surface area (Å²) in [4.78, 5) is 21.2. The van der Waals surface area contributed by atoms with Crippen molar-refractivity contribution < 1.29 is 14.7 Å². The number of amides is 1. The fourth-order valence-electron chi connectivity index (χ4n) is 0.950. The van der Waals surface area contributed by atoms with Crippen LogP contribution in [0.4, 0.5) is 0 Å². The van der Waals surface area contributed by atoms with Crippen molar-refractivity contribution in [2.24, 2.45) is 0 Å². The zero-order valence-electron chi connectivity index (χ0n) is 5.96. The van der Waals surface area contributed by atoms with Crippen molar-refractivity contribution >= 4 is 11.9 Å². The molecule has 4 nitrogen and oxygen atoms in total. The second-order valence-electron chi connectivity index (χ2n) is 2.51. The molecule has 60 valence electrons. The maximum atomic E-state index is 10.8. The molecule has 0 aromatic carbocycles. The molecule has 1 atom stereocenters. The molecule has 1 fully saturated rings. The van der Waals surface area contributed by atoms with Gasteiger partial charge in [-0.15, -0.1) is 0 Å². The van der Waals surface area contributed by atoms with Crippen LogP contribution in [0.5, 0.6) is 0 Å². The second-order valence-corrected chi connectivity index (χ2v) is 2.51. The number of rotatable bonds is 1. The van der Waals surface area contributed by atoms with Gasteiger partial charge in [0, 0.05) is 5.57 Å². The predicted octanol–water partition coefficient (Wildman–Crippen LogP) is -0.0942. The number of carbonyl (C=O) groups excluding carboxylic acids is 1. The molecule has 2 N–H and O–H groups in total. The molecule has 0 bridgehead atoms. The fourth-order valence-corrected chi connectivity index (χ4v) is 0.950. The van der Waals surface area contributed by atoms with Gasteiger partial charge in [0.25, 0.3) is 0 Å². The largest absolute Gasteiger partial charge is 0.480 e. The summed E-state index contributed by atoms with van der Waals surface area (Å²) in [6.45, 7) is 3.48. The first kappa shape index (κ1) is 7.78. The van der Waals surface area contributed by atoms with E-state index in [4.69, 9.17) is 5.11 Å². The van der Waals surface area contributed by atoms with Crippen molar-refractivity contribution in [2.45, 2.75) is 18.9 Å². The van der Waals surface area contributed by atoms with E-state index in [1.54, 1.807) is 0 Å². The van der Waals surface area contributed by atoms with Crippen LogP contribution in [0.25, 0.3) is 0 Å². The molecule has 0 aromatic rings. The Labute approximate surface area is 63.9 Å². The molecule has 1 amide bonds. The summed E-state index contributed by atoms with van der Waals surface area (Å²) in [6.07, 6.45) is 0.919. The molecule has 0 radical (unpaired) electrons. The molecule has 1 saturated heterocycles. The Kier molecular flexibility index (Phi) is 1.94. The Morgan fingerprint density at radius 2 is 2.36 bits per heavy atom. The standard InChI is InChI=1S/C7H9NO3/c1-4-2-3-5(7(10)11)8-6(4)9/h5H,1-3H2,(H,8,9)(H,10,11)/t5-/m0/s1. The summed E-state index contributed by atoms with van der Waals surface area (Å²) in [5, 5.41) is 10.8. The smallest absolute Gasteiger partial charge is 0.326 e. The monoisotopic (exact) mass is 155 g/mol. The molecule has 1 aliphatic heterocycles. The predicted molar refractivity (Wildman–Crippen MR) is 37.9 cm³/mol. The van der Waals surface area contributed by atoms with Gasteiger partial charge in [-0.05, 0) is 12.8 Å². The highest BCUT2D eigenvalue weighted by Crippen LogP contribution is 2.12. The average Bonchev–Trinajstić information content (AvgIpc) is 1.94. The van der Waals surface area contributed by atoms with E-state index in [1.165, 1.54) is 0 Å². The lowest BCUT2D eigenvalue weighted by Gasteiger charge is -2.20. The molecule has 0 aromatic heterocycles. The summed E-state index contributed by atoms with van der Waals surface area (Å²) in [7, 11) is 0. The number of nitrogens with one attached hydrogen (secondary N) is 1. The van der Waals surface area contributed by atoms with Gasteiger partial charge >= 0.3 is 5.97 Å². The van der Waals surface area contributed by atoms with Crippen molar-refractivity contribution in [1.29, 1.82) is 0 Å². The third-order valence-electron chi connectivity index (χ3n) is 1.66. The summed E-state index contributed by atoms with van der Waals surface area (Å²) < 4.78 is 0. The Morgan fingerprint density at radius 3 is 2.82 bits per heavy atom. The quantitative estimate of drug-likeness (QED) is 0.520. The molecule has 1 heterocycles. The molecule has 0 spiro atoms. The lowest BCUT2D eigenvalue weighted by atomic mass is 10.0. The molecular weight excluding hydrogens is 146 g/mol. The molecule has 11 heavy (non-hydrogen) atoms. The van der Waals surface area contributed by atoms with E-state index in [-0.39, 0.29) is 5.91 Å². The summed E-state index contributed by atoms with van der Waals surface area (Å²) >= 11 is 0. The molecular formula is C7H9NO3. The number of aliphatic carboxylic acids is 1. The van der Waals surface area contributed by atoms with Crippen LogP contribution in [0.2, 0.25) is 0 Å². The fraction of sp³-hybridized carbons (Fsp3) is 0.429. The van der Waals surface area contributed by atoms with E-state index >= 15 is 0 Å². The minimum atomic E-state index is -0.981. The average molecular weight is 155 g/mol. The minimum Gasteiger partial charge on any atom is -0.480 e. The number of carboxylic acid groups (broad SMARTS) is 1. The van der Waals surface area contributed by atoms with Gasteiger partial charge in [-0.1, -0.05) is 6.58 Å². The molecule has 0 unspecified atom stereocenters. The van der Waals surface area contributed by atoms with E-state index in [2.05, 4.69) is 11.9 Å². The van der Waals surface area contributed by atoms with Crippen LogP contribution in [0.3, 0.4) is 0 Å². The third kappa shape index (κ3) is 1.58. The van der Waals surface area contributed by atoms with Gasteiger partial charge in [-0.3, -0.25) is 4.79 Å². The molecule has 1 rings (SSSR count). The van der Waals surface area contributed by atoms with Crippen molar-refractivity contribution in [3.05, 3.63) is 12.2 Å². The van der Waals surface area contributed by atoms with Crippen molar-refractivity contribution in [3.63, 3.8) is 0 Å². The minimum absolute atomic E-state index is 0.344. The van der Waals surface area contributed by atoms with Crippen LogP contribution in [-0.4, -0.2) is 23.0 Å². The third-order valence-corrected chi connectivity index (χ3v) is 1.66. The number of carbonyl (C=O) groups is 2. The van der Waals surface area contributed by atoms with E-state index in [0.29, 0.717) is 18.4 Å². The zero-order chi connectivity index (χ0) is 8.43. The number of piperidine rings is 1. The lowest BCUT2D eigenvalue weighted by Crippen LogP contribution is -2.44. The van der Waals surface area contributed by atoms with Gasteiger partial charge < -0.3 is 10.4 Å². The molecule has 4 heteroatoms. The highest BCUT2D eigenvalue weighted by atomic mass is 16.4. The maximum Gasteiger partial charge on any atom is 0.326 e.